The lowest BCUT2D eigenvalue weighted by atomic mass is 10.1. The number of aromatic nitrogens is 3. The molecule has 1 N–H and O–H groups in total. The van der Waals surface area contributed by atoms with Gasteiger partial charge in [-0.2, -0.15) is 5.10 Å². The van der Waals surface area contributed by atoms with E-state index in [4.69, 9.17) is 21.1 Å². The van der Waals surface area contributed by atoms with Gasteiger partial charge in [0, 0.05) is 30.7 Å². The molecule has 0 saturated carbocycles. The summed E-state index contributed by atoms with van der Waals surface area (Å²) < 4.78 is 13.6. The summed E-state index contributed by atoms with van der Waals surface area (Å²) in [5.41, 5.74) is 4.56. The maximum Gasteiger partial charge on any atom is 0.259 e. The number of anilines is 1. The third-order valence-electron chi connectivity index (χ3n) is 5.79. The lowest BCUT2D eigenvalue weighted by Crippen LogP contribution is -2.14. The van der Waals surface area contributed by atoms with E-state index in [1.54, 1.807) is 41.3 Å². The number of nitrogens with one attached hydrogen (secondary N) is 1. The minimum Gasteiger partial charge on any atom is -0.488 e. The largest absolute Gasteiger partial charge is 0.488 e. The molecule has 0 fully saturated rings. The van der Waals surface area contributed by atoms with Crippen molar-refractivity contribution in [3.63, 3.8) is 0 Å². The second-order valence-electron chi connectivity index (χ2n) is 8.60. The number of hydrogen-bond donors (Lipinski definition) is 1. The van der Waals surface area contributed by atoms with Crippen molar-refractivity contribution in [2.45, 2.75) is 13.2 Å². The van der Waals surface area contributed by atoms with Gasteiger partial charge < -0.3 is 14.8 Å². The molecule has 0 unspecified atom stereocenters. The zero-order valence-electron chi connectivity index (χ0n) is 20.7. The molecule has 190 valence electrons. The van der Waals surface area contributed by atoms with Crippen molar-refractivity contribution in [1.82, 2.24) is 14.8 Å². The Morgan fingerprint density at radius 3 is 2.45 bits per heavy atom. The topological polar surface area (TPSA) is 78.3 Å². The molecule has 5 aromatic rings. The molecule has 5 rings (SSSR count). The summed E-state index contributed by atoms with van der Waals surface area (Å²) in [6.07, 6.45) is 5.39. The zero-order chi connectivity index (χ0) is 26.3. The van der Waals surface area contributed by atoms with Gasteiger partial charge in [0.15, 0.2) is 0 Å². The number of ether oxygens (including phenoxy) is 2. The number of amides is 1. The van der Waals surface area contributed by atoms with E-state index in [2.05, 4.69) is 15.4 Å². The first-order chi connectivity index (χ1) is 18.5. The van der Waals surface area contributed by atoms with Gasteiger partial charge in [-0.1, -0.05) is 54.1 Å². The van der Waals surface area contributed by atoms with Gasteiger partial charge in [-0.15, -0.1) is 0 Å². The SMILES string of the molecule is Cn1cc(-c2ccc(C(=O)Nc3ccc(OCc4ccccn4)c(Cl)c3)c(OCc3ccccc3)c2)cn1. The van der Waals surface area contributed by atoms with Gasteiger partial charge >= 0.3 is 0 Å². The number of aryl methyl sites for hydroxylation is 1. The summed E-state index contributed by atoms with van der Waals surface area (Å²) in [4.78, 5) is 17.6. The smallest absolute Gasteiger partial charge is 0.259 e. The molecule has 3 aromatic carbocycles. The summed E-state index contributed by atoms with van der Waals surface area (Å²) in [5.74, 6) is 0.654. The Balaban J connectivity index is 1.34. The van der Waals surface area contributed by atoms with Crippen molar-refractivity contribution in [1.29, 1.82) is 0 Å². The molecule has 0 radical (unpaired) electrons. The number of carbonyl (C=O) groups excluding carboxylic acids is 1. The average molecular weight is 525 g/mol. The number of pyridine rings is 1. The van der Waals surface area contributed by atoms with Crippen molar-refractivity contribution in [2.24, 2.45) is 7.05 Å². The lowest BCUT2D eigenvalue weighted by molar-refractivity contribution is 0.102. The average Bonchev–Trinajstić information content (AvgIpc) is 3.38. The predicted octanol–water partition coefficient (Wildman–Crippen LogP) is 6.55. The van der Waals surface area contributed by atoms with Crippen LogP contribution < -0.4 is 14.8 Å². The molecule has 0 aliphatic carbocycles. The predicted molar refractivity (Wildman–Crippen MR) is 147 cm³/mol. The first kappa shape index (κ1) is 25.0. The highest BCUT2D eigenvalue weighted by molar-refractivity contribution is 6.32. The molecular weight excluding hydrogens is 500 g/mol. The Morgan fingerprint density at radius 2 is 1.71 bits per heavy atom. The third kappa shape index (κ3) is 6.19. The lowest BCUT2D eigenvalue weighted by Gasteiger charge is -2.14. The van der Waals surface area contributed by atoms with Gasteiger partial charge in [0.05, 0.1) is 22.5 Å². The Bertz CT molecular complexity index is 1540. The van der Waals surface area contributed by atoms with E-state index in [1.165, 1.54) is 0 Å². The highest BCUT2D eigenvalue weighted by atomic mass is 35.5. The Morgan fingerprint density at radius 1 is 0.895 bits per heavy atom. The first-order valence-corrected chi connectivity index (χ1v) is 12.4. The van der Waals surface area contributed by atoms with Crippen LogP contribution in [0.3, 0.4) is 0 Å². The van der Waals surface area contributed by atoms with Crippen molar-refractivity contribution < 1.29 is 14.3 Å². The molecule has 0 atom stereocenters. The van der Waals surface area contributed by atoms with E-state index >= 15 is 0 Å². The fourth-order valence-electron chi connectivity index (χ4n) is 3.84. The molecule has 0 bridgehead atoms. The molecule has 1 amide bonds. The second kappa shape index (κ2) is 11.6. The molecule has 2 heterocycles. The third-order valence-corrected chi connectivity index (χ3v) is 6.09. The highest BCUT2D eigenvalue weighted by Gasteiger charge is 2.16. The zero-order valence-corrected chi connectivity index (χ0v) is 21.4. The maximum absolute atomic E-state index is 13.3. The Hall–Kier alpha value is -4.62. The molecular formula is C30H25ClN4O3. The normalized spacial score (nSPS) is 10.7. The maximum atomic E-state index is 13.3. The van der Waals surface area contributed by atoms with E-state index in [0.29, 0.717) is 34.4 Å². The van der Waals surface area contributed by atoms with Crippen LogP contribution in [0.25, 0.3) is 11.1 Å². The van der Waals surface area contributed by atoms with Gasteiger partial charge in [-0.3, -0.25) is 14.5 Å². The quantitative estimate of drug-likeness (QED) is 0.237. The monoisotopic (exact) mass is 524 g/mol. The Kier molecular flexibility index (Phi) is 7.66. The summed E-state index contributed by atoms with van der Waals surface area (Å²) in [7, 11) is 1.86. The molecule has 0 spiro atoms. The fraction of sp³-hybridized carbons (Fsp3) is 0.100. The minimum absolute atomic E-state index is 0.289. The Labute approximate surface area is 225 Å². The fourth-order valence-corrected chi connectivity index (χ4v) is 4.08. The van der Waals surface area contributed by atoms with Crippen LogP contribution in [0.2, 0.25) is 5.02 Å². The van der Waals surface area contributed by atoms with Crippen LogP contribution in [0.5, 0.6) is 11.5 Å². The van der Waals surface area contributed by atoms with Crippen LogP contribution in [0.4, 0.5) is 5.69 Å². The molecule has 2 aromatic heterocycles. The van der Waals surface area contributed by atoms with E-state index in [9.17, 15) is 4.79 Å². The van der Waals surface area contributed by atoms with Gasteiger partial charge in [0.25, 0.3) is 5.91 Å². The number of halogens is 1. The second-order valence-corrected chi connectivity index (χ2v) is 9.00. The van der Waals surface area contributed by atoms with Gasteiger partial charge in [0.1, 0.15) is 24.7 Å². The van der Waals surface area contributed by atoms with Gasteiger partial charge in [-0.25, -0.2) is 0 Å². The molecule has 38 heavy (non-hydrogen) atoms. The van der Waals surface area contributed by atoms with Crippen LogP contribution in [-0.4, -0.2) is 20.7 Å². The van der Waals surface area contributed by atoms with E-state index in [1.807, 2.05) is 73.9 Å². The molecule has 0 saturated heterocycles. The number of carbonyl (C=O) groups is 1. The van der Waals surface area contributed by atoms with E-state index < -0.39 is 0 Å². The van der Waals surface area contributed by atoms with Crippen molar-refractivity contribution in [3.05, 3.63) is 125 Å². The standard InChI is InChI=1S/C30H25ClN4O3/c1-35-18-23(17-33-35)22-10-12-26(29(15-22)37-19-21-7-3-2-4-8-21)30(36)34-24-11-13-28(27(31)16-24)38-20-25-9-5-6-14-32-25/h2-18H,19-20H2,1H3,(H,34,36). The van der Waals surface area contributed by atoms with Crippen LogP contribution >= 0.6 is 11.6 Å². The van der Waals surface area contributed by atoms with Crippen molar-refractivity contribution in [2.75, 3.05) is 5.32 Å². The van der Waals surface area contributed by atoms with Crippen molar-refractivity contribution >= 4 is 23.2 Å². The van der Waals surface area contributed by atoms with E-state index in [-0.39, 0.29) is 12.5 Å². The molecule has 8 heteroatoms. The van der Waals surface area contributed by atoms with Crippen LogP contribution in [0, 0.1) is 0 Å². The molecule has 0 aliphatic rings. The summed E-state index contributed by atoms with van der Waals surface area (Å²) in [6, 6.07) is 26.0. The minimum atomic E-state index is -0.316. The van der Waals surface area contributed by atoms with Crippen molar-refractivity contribution in [3.8, 4) is 22.6 Å². The highest BCUT2D eigenvalue weighted by Crippen LogP contribution is 2.31. The number of benzene rings is 3. The summed E-state index contributed by atoms with van der Waals surface area (Å²) >= 11 is 6.44. The van der Waals surface area contributed by atoms with Crippen LogP contribution in [0.1, 0.15) is 21.6 Å². The first-order valence-electron chi connectivity index (χ1n) is 12.0. The number of nitrogens with zero attached hydrogens (tertiary/aromatic N) is 3. The summed E-state index contributed by atoms with van der Waals surface area (Å²) in [5, 5.41) is 7.54. The number of hydrogen-bond acceptors (Lipinski definition) is 5. The van der Waals surface area contributed by atoms with Gasteiger partial charge in [0.2, 0.25) is 0 Å². The summed E-state index contributed by atoms with van der Waals surface area (Å²) in [6.45, 7) is 0.614. The molecule has 0 aliphatic heterocycles. The van der Waals surface area contributed by atoms with E-state index in [0.717, 1.165) is 22.4 Å². The number of rotatable bonds is 9. The van der Waals surface area contributed by atoms with Crippen LogP contribution in [0.15, 0.2) is 104 Å². The van der Waals surface area contributed by atoms with Gasteiger partial charge in [-0.05, 0) is 53.6 Å². The molecule has 7 nitrogen and oxygen atoms in total. The van der Waals surface area contributed by atoms with Crippen LogP contribution in [-0.2, 0) is 20.3 Å².